The zero-order chi connectivity index (χ0) is 18.4. The zero-order valence-corrected chi connectivity index (χ0v) is 17.4. The summed E-state index contributed by atoms with van der Waals surface area (Å²) in [5.74, 6) is 1.50. The average molecular weight is 409 g/mol. The highest BCUT2D eigenvalue weighted by Crippen LogP contribution is 2.40. The topological polar surface area (TPSA) is 77.1 Å². The van der Waals surface area contributed by atoms with E-state index < -0.39 is 10.0 Å². The summed E-state index contributed by atoms with van der Waals surface area (Å²) < 4.78 is 43.7. The molecule has 0 atom stereocenters. The molecule has 0 unspecified atom stereocenters. The van der Waals surface area contributed by atoms with Gasteiger partial charge in [-0.15, -0.1) is 12.4 Å². The number of nitrogens with one attached hydrogen (secondary N) is 1. The van der Waals surface area contributed by atoms with Gasteiger partial charge in [0.2, 0.25) is 10.0 Å². The summed E-state index contributed by atoms with van der Waals surface area (Å²) in [7, 11) is 2.62. The highest BCUT2D eigenvalue weighted by atomic mass is 35.5. The lowest BCUT2D eigenvalue weighted by atomic mass is 9.95. The van der Waals surface area contributed by atoms with Gasteiger partial charge in [0, 0.05) is 25.2 Å². The van der Waals surface area contributed by atoms with E-state index in [1.165, 1.54) is 25.6 Å². The number of sulfonamides is 1. The van der Waals surface area contributed by atoms with Gasteiger partial charge in [-0.05, 0) is 38.8 Å². The third-order valence-corrected chi connectivity index (χ3v) is 6.61. The summed E-state index contributed by atoms with van der Waals surface area (Å²) in [5, 5.41) is 3.15. The van der Waals surface area contributed by atoms with Gasteiger partial charge in [-0.2, -0.15) is 4.31 Å². The molecule has 0 bridgehead atoms. The Morgan fingerprint density at radius 3 is 2.04 bits per heavy atom. The number of hydrogen-bond acceptors (Lipinski definition) is 6. The van der Waals surface area contributed by atoms with E-state index in [4.69, 9.17) is 14.2 Å². The maximum atomic E-state index is 13.2. The lowest BCUT2D eigenvalue weighted by Gasteiger charge is -2.32. The van der Waals surface area contributed by atoms with Gasteiger partial charge in [-0.25, -0.2) is 8.42 Å². The van der Waals surface area contributed by atoms with Crippen LogP contribution < -0.4 is 19.5 Å². The second-order valence-corrected chi connectivity index (χ2v) is 7.98. The van der Waals surface area contributed by atoms with Crippen LogP contribution in [0.2, 0.25) is 0 Å². The van der Waals surface area contributed by atoms with Crippen LogP contribution >= 0.6 is 12.4 Å². The molecular weight excluding hydrogens is 380 g/mol. The first-order chi connectivity index (χ1) is 12.0. The largest absolute Gasteiger partial charge is 0.496 e. The van der Waals surface area contributed by atoms with Crippen molar-refractivity contribution in [2.75, 3.05) is 48.0 Å². The van der Waals surface area contributed by atoms with Gasteiger partial charge in [0.05, 0.1) is 21.3 Å². The van der Waals surface area contributed by atoms with Crippen LogP contribution in [0.4, 0.5) is 0 Å². The van der Waals surface area contributed by atoms with E-state index in [0.29, 0.717) is 24.8 Å². The van der Waals surface area contributed by atoms with Crippen molar-refractivity contribution < 1.29 is 22.6 Å². The second-order valence-electron chi connectivity index (χ2n) is 6.10. The van der Waals surface area contributed by atoms with Crippen molar-refractivity contribution in [3.05, 3.63) is 12.1 Å². The molecule has 2 rings (SSSR count). The minimum atomic E-state index is -3.70. The van der Waals surface area contributed by atoms with Gasteiger partial charge in [0.25, 0.3) is 0 Å². The molecule has 0 aromatic heterocycles. The van der Waals surface area contributed by atoms with Crippen LogP contribution in [0.25, 0.3) is 0 Å². The zero-order valence-electron chi connectivity index (χ0n) is 15.8. The van der Waals surface area contributed by atoms with Crippen molar-refractivity contribution in [2.45, 2.75) is 24.2 Å². The number of benzene rings is 1. The average Bonchev–Trinajstić information content (AvgIpc) is 2.65. The predicted molar refractivity (Wildman–Crippen MR) is 103 cm³/mol. The molecule has 1 aromatic rings. The molecule has 1 aromatic carbocycles. The number of hydrogen-bond donors (Lipinski definition) is 1. The first kappa shape index (κ1) is 22.8. The molecule has 0 spiro atoms. The first-order valence-corrected chi connectivity index (χ1v) is 9.86. The fourth-order valence-electron chi connectivity index (χ4n) is 3.14. The van der Waals surface area contributed by atoms with Gasteiger partial charge in [-0.1, -0.05) is 0 Å². The van der Waals surface area contributed by atoms with E-state index >= 15 is 0 Å². The SMILES string of the molecule is CNCCC1CCN(S(=O)(=O)c2c(OC)cc(OC)cc2OC)CC1.Cl. The Hall–Kier alpha value is -1.22. The predicted octanol–water partition coefficient (Wildman–Crippen LogP) is 2.14. The summed E-state index contributed by atoms with van der Waals surface area (Å²) in [6.07, 6.45) is 2.79. The molecule has 1 heterocycles. The van der Waals surface area contributed by atoms with E-state index in [1.54, 1.807) is 12.1 Å². The lowest BCUT2D eigenvalue weighted by Crippen LogP contribution is -2.39. The van der Waals surface area contributed by atoms with Gasteiger partial charge >= 0.3 is 0 Å². The molecule has 7 nitrogen and oxygen atoms in total. The molecule has 1 aliphatic heterocycles. The summed E-state index contributed by atoms with van der Waals surface area (Å²) in [4.78, 5) is 0.0620. The Kier molecular flexibility index (Phi) is 8.95. The fraction of sp³-hybridized carbons (Fsp3) is 0.647. The fourth-order valence-corrected chi connectivity index (χ4v) is 4.89. The second kappa shape index (κ2) is 10.2. The van der Waals surface area contributed by atoms with E-state index in [-0.39, 0.29) is 28.8 Å². The van der Waals surface area contributed by atoms with Gasteiger partial charge < -0.3 is 19.5 Å². The molecule has 26 heavy (non-hydrogen) atoms. The van der Waals surface area contributed by atoms with Crippen molar-refractivity contribution in [1.82, 2.24) is 9.62 Å². The van der Waals surface area contributed by atoms with Crippen LogP contribution in [0, 0.1) is 5.92 Å². The molecule has 9 heteroatoms. The molecule has 1 fully saturated rings. The number of nitrogens with zero attached hydrogens (tertiary/aromatic N) is 1. The lowest BCUT2D eigenvalue weighted by molar-refractivity contribution is 0.261. The third-order valence-electron chi connectivity index (χ3n) is 4.64. The Labute approximate surface area is 162 Å². The van der Waals surface area contributed by atoms with E-state index in [9.17, 15) is 8.42 Å². The van der Waals surface area contributed by atoms with E-state index in [1.807, 2.05) is 7.05 Å². The van der Waals surface area contributed by atoms with Crippen LogP contribution in [0.15, 0.2) is 17.0 Å². The highest BCUT2D eigenvalue weighted by Gasteiger charge is 2.34. The maximum Gasteiger partial charge on any atom is 0.250 e. The van der Waals surface area contributed by atoms with Crippen LogP contribution in [0.5, 0.6) is 17.2 Å². The minimum Gasteiger partial charge on any atom is -0.496 e. The summed E-state index contributed by atoms with van der Waals surface area (Å²) in [6.45, 7) is 1.97. The maximum absolute atomic E-state index is 13.2. The Morgan fingerprint density at radius 1 is 1.08 bits per heavy atom. The monoisotopic (exact) mass is 408 g/mol. The summed E-state index contributed by atoms with van der Waals surface area (Å²) in [5.41, 5.74) is 0. The van der Waals surface area contributed by atoms with Gasteiger partial charge in [0.15, 0.2) is 4.90 Å². The third kappa shape index (κ3) is 4.94. The quantitative estimate of drug-likeness (QED) is 0.710. The summed E-state index contributed by atoms with van der Waals surface area (Å²) in [6, 6.07) is 3.13. The smallest absolute Gasteiger partial charge is 0.250 e. The highest BCUT2D eigenvalue weighted by molar-refractivity contribution is 7.89. The molecule has 1 N–H and O–H groups in total. The molecule has 0 saturated carbocycles. The number of halogens is 1. The van der Waals surface area contributed by atoms with Gasteiger partial charge in [-0.3, -0.25) is 0 Å². The normalized spacial score (nSPS) is 16.0. The van der Waals surface area contributed by atoms with Crippen LogP contribution in [-0.2, 0) is 10.0 Å². The van der Waals surface area contributed by atoms with Crippen LogP contribution in [0.3, 0.4) is 0 Å². The molecule has 0 aliphatic carbocycles. The minimum absolute atomic E-state index is 0. The molecular formula is C17H29ClN2O5S. The first-order valence-electron chi connectivity index (χ1n) is 8.42. The van der Waals surface area contributed by atoms with Crippen LogP contribution in [-0.4, -0.2) is 60.7 Å². The van der Waals surface area contributed by atoms with E-state index in [2.05, 4.69) is 5.32 Å². The van der Waals surface area contributed by atoms with Crippen molar-refractivity contribution in [3.8, 4) is 17.2 Å². The Bertz CT molecular complexity index is 651. The number of ether oxygens (including phenoxy) is 3. The standard InChI is InChI=1S/C17H28N2O5S.ClH/c1-18-8-5-13-6-9-19(10-7-13)25(20,21)17-15(23-3)11-14(22-2)12-16(17)24-4;/h11-13,18H,5-10H2,1-4H3;1H. The Morgan fingerprint density at radius 2 is 1.62 bits per heavy atom. The summed E-state index contributed by atoms with van der Waals surface area (Å²) >= 11 is 0. The van der Waals surface area contributed by atoms with Crippen molar-refractivity contribution in [2.24, 2.45) is 5.92 Å². The Balaban J connectivity index is 0.00000338. The number of piperidine rings is 1. The molecule has 0 amide bonds. The molecule has 0 radical (unpaired) electrons. The number of methoxy groups -OCH3 is 3. The van der Waals surface area contributed by atoms with Gasteiger partial charge in [0.1, 0.15) is 17.2 Å². The van der Waals surface area contributed by atoms with Crippen molar-refractivity contribution in [3.63, 3.8) is 0 Å². The van der Waals surface area contributed by atoms with E-state index in [0.717, 1.165) is 25.8 Å². The molecule has 1 saturated heterocycles. The van der Waals surface area contributed by atoms with Crippen molar-refractivity contribution >= 4 is 22.4 Å². The number of rotatable bonds is 8. The molecule has 1 aliphatic rings. The van der Waals surface area contributed by atoms with Crippen LogP contribution in [0.1, 0.15) is 19.3 Å². The molecule has 150 valence electrons. The van der Waals surface area contributed by atoms with Crippen molar-refractivity contribution in [1.29, 1.82) is 0 Å².